The maximum Gasteiger partial charge on any atom is 0.242 e. The summed E-state index contributed by atoms with van der Waals surface area (Å²) in [5, 5.41) is 0. The molecule has 2 aromatic rings. The highest BCUT2D eigenvalue weighted by Gasteiger charge is 2.33. The summed E-state index contributed by atoms with van der Waals surface area (Å²) in [6, 6.07) is 6.10. The highest BCUT2D eigenvalue weighted by Crippen LogP contribution is 2.31. The van der Waals surface area contributed by atoms with Gasteiger partial charge in [0.2, 0.25) is 17.7 Å². The molecule has 2 amide bonds. The van der Waals surface area contributed by atoms with Crippen LogP contribution >= 0.6 is 0 Å². The molecule has 0 bridgehead atoms. The van der Waals surface area contributed by atoms with E-state index in [1.165, 1.54) is 12.1 Å². The van der Waals surface area contributed by atoms with E-state index in [0.717, 1.165) is 31.2 Å². The molecule has 148 valence electrons. The Kier molecular flexibility index (Phi) is 5.41. The van der Waals surface area contributed by atoms with Crippen LogP contribution in [0.2, 0.25) is 0 Å². The first-order valence-electron chi connectivity index (χ1n) is 9.86. The number of rotatable bonds is 5. The lowest BCUT2D eigenvalue weighted by molar-refractivity contribution is -0.141. The van der Waals surface area contributed by atoms with E-state index in [0.29, 0.717) is 37.6 Å². The van der Waals surface area contributed by atoms with Crippen LogP contribution in [0, 0.1) is 5.82 Å². The third-order valence-electron chi connectivity index (χ3n) is 5.47. The molecule has 0 N–H and O–H groups in total. The molecule has 1 aromatic heterocycles. The predicted octanol–water partition coefficient (Wildman–Crippen LogP) is 3.08. The molecule has 2 aliphatic heterocycles. The average Bonchev–Trinajstić information content (AvgIpc) is 3.33. The molecule has 3 heterocycles. The molecule has 2 aliphatic rings. The van der Waals surface area contributed by atoms with Crippen molar-refractivity contribution < 1.29 is 18.4 Å². The minimum absolute atomic E-state index is 0.0433. The summed E-state index contributed by atoms with van der Waals surface area (Å²) in [4.78, 5) is 32.6. The van der Waals surface area contributed by atoms with Crippen LogP contribution in [0.3, 0.4) is 0 Å². The molecular formula is C21H24FN3O3. The van der Waals surface area contributed by atoms with E-state index >= 15 is 0 Å². The van der Waals surface area contributed by atoms with Crippen LogP contribution in [0.25, 0.3) is 0 Å². The predicted molar refractivity (Wildman–Crippen MR) is 99.8 cm³/mol. The number of oxazole rings is 1. The van der Waals surface area contributed by atoms with Crippen molar-refractivity contribution in [3.05, 3.63) is 53.5 Å². The van der Waals surface area contributed by atoms with E-state index < -0.39 is 0 Å². The lowest BCUT2D eigenvalue weighted by Gasteiger charge is -2.34. The van der Waals surface area contributed by atoms with Crippen molar-refractivity contribution in [2.24, 2.45) is 0 Å². The maximum absolute atomic E-state index is 13.1. The van der Waals surface area contributed by atoms with Gasteiger partial charge in [-0.2, -0.15) is 0 Å². The topological polar surface area (TPSA) is 66.7 Å². The van der Waals surface area contributed by atoms with Crippen LogP contribution in [0.4, 0.5) is 4.39 Å². The van der Waals surface area contributed by atoms with Gasteiger partial charge in [0.15, 0.2) is 0 Å². The molecule has 4 rings (SSSR count). The Labute approximate surface area is 163 Å². The van der Waals surface area contributed by atoms with E-state index in [2.05, 4.69) is 4.98 Å². The molecular weight excluding hydrogens is 361 g/mol. The van der Waals surface area contributed by atoms with Crippen LogP contribution < -0.4 is 0 Å². The number of benzene rings is 1. The fourth-order valence-electron chi connectivity index (χ4n) is 3.97. The summed E-state index contributed by atoms with van der Waals surface area (Å²) in [6.45, 7) is 1.45. The number of likely N-dealkylation sites (tertiary alicyclic amines) is 2. The van der Waals surface area contributed by atoms with Gasteiger partial charge in [0.05, 0.1) is 12.7 Å². The fraction of sp³-hybridized carbons (Fsp3) is 0.476. The van der Waals surface area contributed by atoms with Gasteiger partial charge in [-0.05, 0) is 43.4 Å². The SMILES string of the molecule is O=C1CCCN1CC(=O)N1CCCCC1c1ncc(Cc2ccc(F)cc2)o1. The Bertz CT molecular complexity index is 849. The van der Waals surface area contributed by atoms with Gasteiger partial charge in [-0.15, -0.1) is 0 Å². The molecule has 1 unspecified atom stereocenters. The van der Waals surface area contributed by atoms with Crippen molar-refractivity contribution in [1.82, 2.24) is 14.8 Å². The highest BCUT2D eigenvalue weighted by atomic mass is 19.1. The van der Waals surface area contributed by atoms with Gasteiger partial charge in [0.25, 0.3) is 0 Å². The van der Waals surface area contributed by atoms with Gasteiger partial charge in [0, 0.05) is 25.9 Å². The van der Waals surface area contributed by atoms with Gasteiger partial charge in [-0.1, -0.05) is 12.1 Å². The van der Waals surface area contributed by atoms with E-state index in [4.69, 9.17) is 4.42 Å². The first-order chi connectivity index (χ1) is 13.6. The molecule has 0 spiro atoms. The Morgan fingerprint density at radius 3 is 2.75 bits per heavy atom. The van der Waals surface area contributed by atoms with E-state index in [1.54, 1.807) is 23.2 Å². The van der Waals surface area contributed by atoms with Crippen molar-refractivity contribution in [3.8, 4) is 0 Å². The minimum atomic E-state index is -0.269. The summed E-state index contributed by atoms with van der Waals surface area (Å²) < 4.78 is 19.0. The standard InChI is InChI=1S/C21H24FN3O3/c22-16-8-6-15(7-9-16)12-17-13-23-21(28-17)18-4-1-2-11-25(18)20(27)14-24-10-3-5-19(24)26/h6-9,13,18H,1-5,10-12,14H2. The second kappa shape index (κ2) is 8.12. The second-order valence-corrected chi connectivity index (χ2v) is 7.49. The third-order valence-corrected chi connectivity index (χ3v) is 5.47. The van der Waals surface area contributed by atoms with Gasteiger partial charge in [0.1, 0.15) is 17.6 Å². The smallest absolute Gasteiger partial charge is 0.242 e. The van der Waals surface area contributed by atoms with Crippen molar-refractivity contribution in [3.63, 3.8) is 0 Å². The quantitative estimate of drug-likeness (QED) is 0.793. The highest BCUT2D eigenvalue weighted by molar-refractivity contribution is 5.86. The van der Waals surface area contributed by atoms with Crippen LogP contribution in [0.15, 0.2) is 34.9 Å². The first-order valence-corrected chi connectivity index (χ1v) is 9.86. The minimum Gasteiger partial charge on any atom is -0.443 e. The van der Waals surface area contributed by atoms with Gasteiger partial charge in [-0.3, -0.25) is 9.59 Å². The number of amides is 2. The molecule has 2 fully saturated rings. The number of carbonyl (C=O) groups is 2. The molecule has 1 aromatic carbocycles. The third kappa shape index (κ3) is 4.08. The zero-order valence-electron chi connectivity index (χ0n) is 15.8. The van der Waals surface area contributed by atoms with E-state index in [9.17, 15) is 14.0 Å². The number of carbonyl (C=O) groups excluding carboxylic acids is 2. The zero-order valence-corrected chi connectivity index (χ0v) is 15.8. The maximum atomic E-state index is 13.1. The fourth-order valence-corrected chi connectivity index (χ4v) is 3.97. The number of aromatic nitrogens is 1. The summed E-state index contributed by atoms with van der Waals surface area (Å²) >= 11 is 0. The zero-order chi connectivity index (χ0) is 19.5. The summed E-state index contributed by atoms with van der Waals surface area (Å²) in [6.07, 6.45) is 6.31. The normalized spacial score (nSPS) is 20.0. The lowest BCUT2D eigenvalue weighted by Crippen LogP contribution is -2.44. The Morgan fingerprint density at radius 2 is 2.00 bits per heavy atom. The van der Waals surface area contributed by atoms with E-state index in [1.807, 2.05) is 4.90 Å². The Morgan fingerprint density at radius 1 is 1.18 bits per heavy atom. The summed E-state index contributed by atoms with van der Waals surface area (Å²) in [7, 11) is 0. The number of piperidine rings is 1. The van der Waals surface area contributed by atoms with Gasteiger partial charge >= 0.3 is 0 Å². The summed E-state index contributed by atoms with van der Waals surface area (Å²) in [5.41, 5.74) is 0.938. The number of hydrogen-bond acceptors (Lipinski definition) is 4. The first kappa shape index (κ1) is 18.7. The number of halogens is 1. The number of nitrogens with zero attached hydrogens (tertiary/aromatic N) is 3. The largest absolute Gasteiger partial charge is 0.443 e. The lowest BCUT2D eigenvalue weighted by atomic mass is 10.0. The molecule has 6 nitrogen and oxygen atoms in total. The molecule has 1 atom stereocenters. The van der Waals surface area contributed by atoms with Crippen molar-refractivity contribution in [2.75, 3.05) is 19.6 Å². The van der Waals surface area contributed by atoms with E-state index in [-0.39, 0.29) is 30.2 Å². The Balaban J connectivity index is 1.45. The molecule has 28 heavy (non-hydrogen) atoms. The monoisotopic (exact) mass is 385 g/mol. The number of hydrogen-bond donors (Lipinski definition) is 0. The van der Waals surface area contributed by atoms with Gasteiger partial charge < -0.3 is 14.2 Å². The van der Waals surface area contributed by atoms with Crippen molar-refractivity contribution in [2.45, 2.75) is 44.6 Å². The molecule has 0 aliphatic carbocycles. The van der Waals surface area contributed by atoms with Gasteiger partial charge in [-0.25, -0.2) is 9.37 Å². The molecule has 0 radical (unpaired) electrons. The molecule has 0 saturated carbocycles. The average molecular weight is 385 g/mol. The van der Waals surface area contributed by atoms with Crippen molar-refractivity contribution >= 4 is 11.8 Å². The van der Waals surface area contributed by atoms with Crippen LogP contribution in [-0.2, 0) is 16.0 Å². The van der Waals surface area contributed by atoms with Crippen LogP contribution in [0.5, 0.6) is 0 Å². The van der Waals surface area contributed by atoms with Crippen molar-refractivity contribution in [1.29, 1.82) is 0 Å². The van der Waals surface area contributed by atoms with Crippen LogP contribution in [-0.4, -0.2) is 46.2 Å². The summed E-state index contributed by atoms with van der Waals surface area (Å²) in [5.74, 6) is 0.972. The van der Waals surface area contributed by atoms with Crippen LogP contribution in [0.1, 0.15) is 55.4 Å². The second-order valence-electron chi connectivity index (χ2n) is 7.49. The Hall–Kier alpha value is -2.70. The molecule has 2 saturated heterocycles. The molecule has 7 heteroatoms.